The van der Waals surface area contributed by atoms with Crippen LogP contribution in [-0.2, 0) is 91.2 Å². The maximum atomic E-state index is 13.2. The number of carbonyl (C=O) groups excluding carboxylic acids is 6. The second-order valence-electron chi connectivity index (χ2n) is 33.8. The highest BCUT2D eigenvalue weighted by Crippen LogP contribution is 2.54. The fourth-order valence-corrected chi connectivity index (χ4v) is 21.3. The van der Waals surface area contributed by atoms with Crippen molar-refractivity contribution < 1.29 is 121 Å². The molecule has 32 nitrogen and oxygen atoms in total. The van der Waals surface area contributed by atoms with Crippen molar-refractivity contribution in [2.75, 3.05) is 20.0 Å². The molecule has 9 rings (SSSR count). The Bertz CT molecular complexity index is 5050. The molecule has 7 aromatic rings. The molecule has 750 valence electrons. The molecular formula is C96H143ClN6O26P6. The molecule has 1 aliphatic heterocycles. The molecule has 135 heavy (non-hydrogen) atoms. The number of halogens is 1. The van der Waals surface area contributed by atoms with Crippen molar-refractivity contribution in [3.63, 3.8) is 0 Å². The predicted octanol–water partition coefficient (Wildman–Crippen LogP) is 22.9. The highest BCUT2D eigenvalue weighted by Gasteiger charge is 2.41. The van der Waals surface area contributed by atoms with Crippen LogP contribution in [0.5, 0.6) is 46.0 Å². The van der Waals surface area contributed by atoms with Crippen LogP contribution in [0.25, 0.3) is 0 Å². The SMILES string of the molecule is CC(C)OC(=O)[C@H](C)NP(=O)(Oc1ccc2c(c1)OCO2)C(C)C.CC(C)OC(=O)[C@H](C)NP(=O)(Oc1cccc(Cl)c1)C(C)C.CC(C)P(=O)(N[C@@H](C)C(=O)OC1CCCC1)Oc1ccccc1.CC(C)P(=O)(N[C@@H](C)C(=O)OCc1ccccc1)Oc1ccccc1.CCCOC(=O)[C@H](C)NP(=O)(Oc1ccccc1)C(C)C.CCOC(=O)[C@H](C)NP(=O)(Oc1ccccc1)C(C)C. The molecule has 0 spiro atoms. The summed E-state index contributed by atoms with van der Waals surface area (Å²) in [6, 6.07) is 52.5. The number of hydrogen-bond acceptors (Lipinski definition) is 26. The first-order chi connectivity index (χ1) is 63.4. The molecule has 39 heteroatoms. The molecule has 7 aromatic carbocycles. The van der Waals surface area contributed by atoms with E-state index in [1.54, 1.807) is 273 Å². The minimum absolute atomic E-state index is 0.000210. The highest BCUT2D eigenvalue weighted by atomic mass is 35.5. The first-order valence-electron chi connectivity index (χ1n) is 45.4. The van der Waals surface area contributed by atoms with Crippen molar-refractivity contribution in [1.82, 2.24) is 30.5 Å². The van der Waals surface area contributed by atoms with Gasteiger partial charge in [0.25, 0.3) is 0 Å². The molecule has 1 saturated carbocycles. The van der Waals surface area contributed by atoms with Crippen molar-refractivity contribution in [3.8, 4) is 46.0 Å². The predicted molar refractivity (Wildman–Crippen MR) is 531 cm³/mol. The van der Waals surface area contributed by atoms with E-state index in [9.17, 15) is 56.2 Å². The van der Waals surface area contributed by atoms with Crippen molar-refractivity contribution in [1.29, 1.82) is 0 Å². The maximum absolute atomic E-state index is 13.2. The fourth-order valence-electron chi connectivity index (χ4n) is 11.3. The third-order valence-electron chi connectivity index (χ3n) is 19.2. The molecule has 0 radical (unpaired) electrons. The van der Waals surface area contributed by atoms with E-state index in [2.05, 4.69) is 30.5 Å². The monoisotopic (exact) mass is 2020 g/mol. The van der Waals surface area contributed by atoms with Crippen molar-refractivity contribution in [2.45, 2.75) is 293 Å². The Kier molecular flexibility index (Phi) is 51.6. The molecular weight excluding hydrogens is 1870 g/mol. The van der Waals surface area contributed by atoms with Crippen LogP contribution in [0.1, 0.15) is 204 Å². The van der Waals surface area contributed by atoms with Gasteiger partial charge >= 0.3 is 80.9 Å². The molecule has 12 atom stereocenters. The summed E-state index contributed by atoms with van der Waals surface area (Å²) in [6.45, 7) is 42.8. The molecule has 2 aliphatic rings. The van der Waals surface area contributed by atoms with Gasteiger partial charge in [-0.25, -0.2) is 30.5 Å². The van der Waals surface area contributed by atoms with E-state index < -0.39 is 111 Å². The summed E-state index contributed by atoms with van der Waals surface area (Å²) in [5.41, 5.74) is -0.839. The Balaban J connectivity index is 0.000000339. The lowest BCUT2D eigenvalue weighted by molar-refractivity contribution is -0.151. The van der Waals surface area contributed by atoms with E-state index in [1.165, 1.54) is 0 Å². The molecule has 0 amide bonds. The molecule has 0 bridgehead atoms. The van der Waals surface area contributed by atoms with Crippen LogP contribution in [0.2, 0.25) is 5.02 Å². The lowest BCUT2D eigenvalue weighted by Gasteiger charge is -2.26. The van der Waals surface area contributed by atoms with Crippen molar-refractivity contribution >= 4 is 92.5 Å². The zero-order valence-electron chi connectivity index (χ0n) is 82.2. The number of esters is 6. The molecule has 0 saturated heterocycles. The van der Waals surface area contributed by atoms with Gasteiger partial charge in [-0.05, 0) is 193 Å². The number of carbonyl (C=O) groups is 6. The second-order valence-corrected chi connectivity index (χ2v) is 50.3. The summed E-state index contributed by atoms with van der Waals surface area (Å²) in [7, 11) is -19.5. The number of hydrogen-bond donors (Lipinski definition) is 6. The summed E-state index contributed by atoms with van der Waals surface area (Å²) >= 11 is 5.90. The summed E-state index contributed by atoms with van der Waals surface area (Å²) in [5, 5.41) is 17.4. The van der Waals surface area contributed by atoms with Crippen molar-refractivity contribution in [3.05, 3.63) is 205 Å². The third-order valence-corrected chi connectivity index (χ3v) is 35.0. The van der Waals surface area contributed by atoms with Crippen LogP contribution in [0, 0.1) is 0 Å². The van der Waals surface area contributed by atoms with Gasteiger partial charge in [0.05, 0.1) is 59.4 Å². The average molecular weight is 2020 g/mol. The van der Waals surface area contributed by atoms with E-state index in [0.29, 0.717) is 57.6 Å². The molecule has 1 aliphatic carbocycles. The lowest BCUT2D eigenvalue weighted by Crippen LogP contribution is -2.37. The quantitative estimate of drug-likeness (QED) is 0.0117. The summed E-state index contributed by atoms with van der Waals surface area (Å²) in [6.07, 6.45) is 4.31. The molecule has 1 heterocycles. The minimum atomic E-state index is -3.34. The van der Waals surface area contributed by atoms with Gasteiger partial charge in [-0.3, -0.25) is 56.2 Å². The van der Waals surface area contributed by atoms with Gasteiger partial charge in [0.2, 0.25) is 6.79 Å². The van der Waals surface area contributed by atoms with Gasteiger partial charge < -0.3 is 65.0 Å². The van der Waals surface area contributed by atoms with E-state index in [4.69, 9.17) is 76.6 Å². The van der Waals surface area contributed by atoms with Crippen LogP contribution in [0.4, 0.5) is 0 Å². The Morgan fingerprint density at radius 1 is 0.333 bits per heavy atom. The third kappa shape index (κ3) is 42.6. The van der Waals surface area contributed by atoms with Crippen LogP contribution in [0.15, 0.2) is 194 Å². The average Bonchev–Trinajstić information content (AvgIpc) is 1.81. The van der Waals surface area contributed by atoms with Gasteiger partial charge in [0.1, 0.15) is 83.5 Å². The van der Waals surface area contributed by atoms with Gasteiger partial charge in [-0.1, -0.05) is 211 Å². The summed E-state index contributed by atoms with van der Waals surface area (Å²) in [4.78, 5) is 71.7. The number of ether oxygens (including phenoxy) is 8. The first kappa shape index (κ1) is 118. The summed E-state index contributed by atoms with van der Waals surface area (Å²) in [5.74, 6) is 1.32. The fraction of sp³-hybridized carbons (Fsp3) is 0.500. The lowest BCUT2D eigenvalue weighted by atomic mass is 10.2. The summed E-state index contributed by atoms with van der Waals surface area (Å²) < 4.78 is 154. The number of benzene rings is 7. The van der Waals surface area contributed by atoms with Crippen LogP contribution in [-0.4, -0.2) is 144 Å². The first-order valence-corrected chi connectivity index (χ1v) is 55.9. The smallest absolute Gasteiger partial charge is 0.323 e. The zero-order chi connectivity index (χ0) is 101. The van der Waals surface area contributed by atoms with Crippen molar-refractivity contribution in [2.24, 2.45) is 0 Å². The van der Waals surface area contributed by atoms with E-state index in [-0.39, 0.29) is 78.2 Å². The topological polar surface area (TPSA) is 406 Å². The Morgan fingerprint density at radius 3 is 0.941 bits per heavy atom. The molecule has 6 N–H and O–H groups in total. The van der Waals surface area contributed by atoms with E-state index in [0.717, 1.165) is 37.7 Å². The maximum Gasteiger partial charge on any atom is 0.323 e. The van der Waals surface area contributed by atoms with Crippen LogP contribution >= 0.6 is 56.7 Å². The number of nitrogens with one attached hydrogen (secondary N) is 6. The van der Waals surface area contributed by atoms with Crippen LogP contribution < -0.4 is 67.1 Å². The highest BCUT2D eigenvalue weighted by molar-refractivity contribution is 7.59. The van der Waals surface area contributed by atoms with Gasteiger partial charge in [-0.2, -0.15) is 0 Å². The van der Waals surface area contributed by atoms with Gasteiger partial charge in [0.15, 0.2) is 11.5 Å². The van der Waals surface area contributed by atoms with Crippen LogP contribution in [0.3, 0.4) is 0 Å². The normalized spacial score (nSPS) is 16.2. The molecule has 1 fully saturated rings. The number of fused-ring (bicyclic) bond motifs is 1. The standard InChI is InChI=1S/C19H24NO4P.C17H26NO4P.C16H24NO6P.C15H23ClNO4P.C15H24NO4P.C14H22NO4P/c1-15(2)25(22,24-18-12-8-5-9-13-18)20-16(3)19(21)23-14-17-10-6-4-7-11-17;1-13(2)23(20,22-16-11-5-4-6-12-16)18-14(3)17(19)21-15-9-7-8-10-15;1-10(2)22-16(18)12(5)17-24(19,11(3)4)23-13-6-7-14-15(8-13)21-9-20-14;1-10(2)20-15(18)12(5)17-22(19,11(3)4)21-14-8-6-7-13(16)9-14;1-5-11-19-15(17)13(4)16-21(18,12(2)3)20-14-9-7-6-8-10-14;1-5-18-14(16)12(4)15-20(17,11(2)3)19-13-9-7-6-8-10-13/h4-13,15-16H,14H2,1-3H3,(H,20,22);4-6,11-15H,7-10H2,1-3H3,(H,18,20);6-8,10-12H,9H2,1-5H3,(H,17,19);6-12H,1-5H3,(H,17,19);6-10,12-13H,5,11H2,1-4H3,(H,16,18);6-12H,5H2,1-4H3,(H,15,17)/t16-,25?;14-,23?;12-,24?;12-,22?;13-,21?;12-,20?/m000000/s1. The largest absolute Gasteiger partial charge is 0.465 e. The Labute approximate surface area is 803 Å². The number of rotatable bonds is 44. The van der Waals surface area contributed by atoms with E-state index >= 15 is 0 Å². The molecule has 0 aromatic heterocycles. The Hall–Kier alpha value is -8.81. The van der Waals surface area contributed by atoms with E-state index in [1.807, 2.05) is 87.5 Å². The number of para-hydroxylation sites is 4. The van der Waals surface area contributed by atoms with Gasteiger partial charge in [-0.15, -0.1) is 0 Å². The second kappa shape index (κ2) is 58.8. The Morgan fingerprint density at radius 2 is 0.622 bits per heavy atom. The minimum Gasteiger partial charge on any atom is -0.465 e. The van der Waals surface area contributed by atoms with Gasteiger partial charge in [0, 0.05) is 11.1 Å². The molecule has 6 unspecified atom stereocenters. The zero-order valence-corrected chi connectivity index (χ0v) is 88.3.